The van der Waals surface area contributed by atoms with Crippen molar-refractivity contribution < 1.29 is 4.79 Å². The molecule has 4 heteroatoms. The van der Waals surface area contributed by atoms with Crippen LogP contribution >= 0.6 is 0 Å². The van der Waals surface area contributed by atoms with Crippen LogP contribution in [0.1, 0.15) is 20.8 Å². The molecule has 2 N–H and O–H groups in total. The lowest BCUT2D eigenvalue weighted by molar-refractivity contribution is -0.122. The largest absolute Gasteiger partial charge is 0.355 e. The number of nitrogens with one attached hydrogen (secondary N) is 2. The van der Waals surface area contributed by atoms with E-state index in [1.165, 1.54) is 0 Å². The fraction of sp³-hybridized carbons (Fsp3) is 0.909. The Labute approximate surface area is 92.4 Å². The first-order chi connectivity index (χ1) is 7.08. The van der Waals surface area contributed by atoms with Gasteiger partial charge < -0.3 is 10.6 Å². The van der Waals surface area contributed by atoms with Gasteiger partial charge in [0.15, 0.2) is 0 Å². The fourth-order valence-corrected chi connectivity index (χ4v) is 1.73. The molecule has 0 aromatic carbocycles. The van der Waals surface area contributed by atoms with Gasteiger partial charge in [0.05, 0.1) is 6.54 Å². The molecule has 1 rings (SSSR count). The van der Waals surface area contributed by atoms with E-state index in [0.29, 0.717) is 18.5 Å². The number of piperazine rings is 1. The Morgan fingerprint density at radius 1 is 1.60 bits per heavy atom. The Kier molecular flexibility index (Phi) is 5.05. The standard InChI is InChI=1S/C11H23N3O/c1-9(2)6-13-11(15)8-14-5-4-12-10(3)7-14/h9-10,12H,4-8H2,1-3H3,(H,13,15)/t10-/m0/s1. The van der Waals surface area contributed by atoms with Crippen LogP contribution in [0.4, 0.5) is 0 Å². The highest BCUT2D eigenvalue weighted by Gasteiger charge is 2.17. The number of hydrogen-bond donors (Lipinski definition) is 2. The van der Waals surface area contributed by atoms with E-state index in [1.807, 2.05) is 0 Å². The molecule has 1 aliphatic heterocycles. The van der Waals surface area contributed by atoms with Crippen LogP contribution in [0.2, 0.25) is 0 Å². The van der Waals surface area contributed by atoms with Crippen molar-refractivity contribution in [3.8, 4) is 0 Å². The van der Waals surface area contributed by atoms with E-state index in [0.717, 1.165) is 26.2 Å². The first-order valence-electron chi connectivity index (χ1n) is 5.80. The molecule has 4 nitrogen and oxygen atoms in total. The minimum absolute atomic E-state index is 0.151. The summed E-state index contributed by atoms with van der Waals surface area (Å²) < 4.78 is 0. The zero-order chi connectivity index (χ0) is 11.3. The Morgan fingerprint density at radius 2 is 2.33 bits per heavy atom. The second kappa shape index (κ2) is 6.08. The lowest BCUT2D eigenvalue weighted by Crippen LogP contribution is -2.52. The van der Waals surface area contributed by atoms with Gasteiger partial charge >= 0.3 is 0 Å². The van der Waals surface area contributed by atoms with E-state index in [-0.39, 0.29) is 5.91 Å². The number of hydrogen-bond acceptors (Lipinski definition) is 3. The van der Waals surface area contributed by atoms with Gasteiger partial charge in [-0.3, -0.25) is 9.69 Å². The molecule has 1 amide bonds. The molecule has 0 aromatic heterocycles. The Hall–Kier alpha value is -0.610. The number of carbonyl (C=O) groups is 1. The van der Waals surface area contributed by atoms with Crippen molar-refractivity contribution in [1.29, 1.82) is 0 Å². The molecule has 1 heterocycles. The third-order valence-electron chi connectivity index (χ3n) is 2.53. The van der Waals surface area contributed by atoms with Crippen LogP contribution in [-0.2, 0) is 4.79 Å². The second-order valence-corrected chi connectivity index (χ2v) is 4.79. The van der Waals surface area contributed by atoms with Crippen molar-refractivity contribution in [2.75, 3.05) is 32.7 Å². The predicted octanol–water partition coefficient (Wildman–Crippen LogP) is 0.0523. The van der Waals surface area contributed by atoms with Gasteiger partial charge in [0.25, 0.3) is 0 Å². The molecule has 0 radical (unpaired) electrons. The summed E-state index contributed by atoms with van der Waals surface area (Å²) in [7, 11) is 0. The van der Waals surface area contributed by atoms with Gasteiger partial charge in [-0.2, -0.15) is 0 Å². The minimum Gasteiger partial charge on any atom is -0.355 e. The van der Waals surface area contributed by atoms with Gasteiger partial charge in [0.1, 0.15) is 0 Å². The van der Waals surface area contributed by atoms with Crippen LogP contribution in [-0.4, -0.2) is 49.6 Å². The smallest absolute Gasteiger partial charge is 0.234 e. The molecule has 1 atom stereocenters. The summed E-state index contributed by atoms with van der Waals surface area (Å²) in [4.78, 5) is 13.8. The summed E-state index contributed by atoms with van der Waals surface area (Å²) in [5.74, 6) is 0.675. The van der Waals surface area contributed by atoms with Crippen molar-refractivity contribution in [3.63, 3.8) is 0 Å². The van der Waals surface area contributed by atoms with Crippen LogP contribution in [0.25, 0.3) is 0 Å². The molecule has 1 fully saturated rings. The number of nitrogens with zero attached hydrogens (tertiary/aromatic N) is 1. The third kappa shape index (κ3) is 5.14. The molecule has 0 unspecified atom stereocenters. The van der Waals surface area contributed by atoms with Crippen LogP contribution in [0.3, 0.4) is 0 Å². The summed E-state index contributed by atoms with van der Waals surface area (Å²) in [5, 5.41) is 6.31. The number of amides is 1. The monoisotopic (exact) mass is 213 g/mol. The second-order valence-electron chi connectivity index (χ2n) is 4.79. The lowest BCUT2D eigenvalue weighted by atomic mass is 10.2. The van der Waals surface area contributed by atoms with E-state index in [2.05, 4.69) is 36.3 Å². The van der Waals surface area contributed by atoms with Gasteiger partial charge in [-0.25, -0.2) is 0 Å². The van der Waals surface area contributed by atoms with E-state index in [9.17, 15) is 4.79 Å². The quantitative estimate of drug-likeness (QED) is 0.694. The van der Waals surface area contributed by atoms with Crippen molar-refractivity contribution in [2.45, 2.75) is 26.8 Å². The van der Waals surface area contributed by atoms with E-state index in [4.69, 9.17) is 0 Å². The van der Waals surface area contributed by atoms with Gasteiger partial charge in [0, 0.05) is 32.2 Å². The first kappa shape index (κ1) is 12.5. The highest BCUT2D eigenvalue weighted by atomic mass is 16.2. The molecular weight excluding hydrogens is 190 g/mol. The normalized spacial score (nSPS) is 23.1. The van der Waals surface area contributed by atoms with Crippen LogP contribution in [0.15, 0.2) is 0 Å². The SMILES string of the molecule is CC(C)CNC(=O)CN1CCN[C@@H](C)C1. The summed E-state index contributed by atoms with van der Waals surface area (Å²) in [6, 6.07) is 0.497. The Bertz CT molecular complexity index is 206. The molecule has 0 spiro atoms. The zero-order valence-corrected chi connectivity index (χ0v) is 10.0. The van der Waals surface area contributed by atoms with E-state index in [1.54, 1.807) is 0 Å². The third-order valence-corrected chi connectivity index (χ3v) is 2.53. The van der Waals surface area contributed by atoms with Gasteiger partial charge in [-0.05, 0) is 12.8 Å². The zero-order valence-electron chi connectivity index (χ0n) is 10.0. The maximum absolute atomic E-state index is 11.5. The molecule has 1 saturated heterocycles. The highest BCUT2D eigenvalue weighted by Crippen LogP contribution is 1.97. The Morgan fingerprint density at radius 3 is 2.93 bits per heavy atom. The summed E-state index contributed by atoms with van der Waals surface area (Å²) in [6.45, 7) is 10.6. The molecule has 0 aliphatic carbocycles. The van der Waals surface area contributed by atoms with Crippen molar-refractivity contribution in [3.05, 3.63) is 0 Å². The number of carbonyl (C=O) groups excluding carboxylic acids is 1. The molecular formula is C11H23N3O. The molecule has 15 heavy (non-hydrogen) atoms. The maximum Gasteiger partial charge on any atom is 0.234 e. The summed E-state index contributed by atoms with van der Waals surface area (Å²) >= 11 is 0. The maximum atomic E-state index is 11.5. The average Bonchev–Trinajstić information content (AvgIpc) is 2.15. The Balaban J connectivity index is 2.19. The summed E-state index contributed by atoms with van der Waals surface area (Å²) in [6.07, 6.45) is 0. The average molecular weight is 213 g/mol. The highest BCUT2D eigenvalue weighted by molar-refractivity contribution is 5.78. The lowest BCUT2D eigenvalue weighted by Gasteiger charge is -2.31. The fourth-order valence-electron chi connectivity index (χ4n) is 1.73. The molecule has 0 bridgehead atoms. The molecule has 1 aliphatic rings. The van der Waals surface area contributed by atoms with E-state index >= 15 is 0 Å². The topological polar surface area (TPSA) is 44.4 Å². The van der Waals surface area contributed by atoms with Gasteiger partial charge in [-0.15, -0.1) is 0 Å². The molecule has 88 valence electrons. The van der Waals surface area contributed by atoms with E-state index < -0.39 is 0 Å². The molecule has 0 saturated carbocycles. The van der Waals surface area contributed by atoms with Crippen molar-refractivity contribution in [1.82, 2.24) is 15.5 Å². The minimum atomic E-state index is 0.151. The first-order valence-corrected chi connectivity index (χ1v) is 5.80. The van der Waals surface area contributed by atoms with Crippen molar-refractivity contribution >= 4 is 5.91 Å². The molecule has 0 aromatic rings. The van der Waals surface area contributed by atoms with Crippen LogP contribution in [0, 0.1) is 5.92 Å². The van der Waals surface area contributed by atoms with Gasteiger partial charge in [0.2, 0.25) is 5.91 Å². The van der Waals surface area contributed by atoms with Crippen LogP contribution < -0.4 is 10.6 Å². The van der Waals surface area contributed by atoms with Crippen LogP contribution in [0.5, 0.6) is 0 Å². The number of rotatable bonds is 4. The summed E-state index contributed by atoms with van der Waals surface area (Å²) in [5.41, 5.74) is 0. The predicted molar refractivity (Wildman–Crippen MR) is 61.8 cm³/mol. The van der Waals surface area contributed by atoms with Gasteiger partial charge in [-0.1, -0.05) is 13.8 Å². The van der Waals surface area contributed by atoms with Crippen molar-refractivity contribution in [2.24, 2.45) is 5.92 Å².